The van der Waals surface area contributed by atoms with E-state index in [4.69, 9.17) is 0 Å². The molecule has 0 radical (unpaired) electrons. The topological polar surface area (TPSA) is 35.3 Å². The predicted octanol–water partition coefficient (Wildman–Crippen LogP) is 3.97. The van der Waals surface area contributed by atoms with Gasteiger partial charge in [-0.15, -0.1) is 0 Å². The first-order chi connectivity index (χ1) is 9.91. The Labute approximate surface area is 119 Å². The second-order valence-electron chi connectivity index (χ2n) is 4.25. The average Bonchev–Trinajstić information content (AvgIpc) is 2.46. The van der Waals surface area contributed by atoms with E-state index in [0.717, 1.165) is 19.2 Å². The fraction of sp³-hybridized carbons (Fsp3) is 0.133. The molecule has 0 saturated heterocycles. The van der Waals surface area contributed by atoms with E-state index in [1.807, 2.05) is 0 Å². The molecular weight excluding hydrogens is 283 g/mol. The highest BCUT2D eigenvalue weighted by Crippen LogP contribution is 2.38. The third-order valence-electron chi connectivity index (χ3n) is 2.81. The highest BCUT2D eigenvalue weighted by Gasteiger charge is 2.35. The molecular formula is C15H12F3NO2. The Morgan fingerprint density at radius 1 is 1.10 bits per heavy atom. The van der Waals surface area contributed by atoms with Crippen LogP contribution in [0, 0.1) is 5.21 Å². The molecule has 110 valence electrons. The number of nitrogens with zero attached hydrogens (tertiary/aromatic N) is 1. The van der Waals surface area contributed by atoms with Gasteiger partial charge in [0.2, 0.25) is 5.69 Å². The molecule has 6 heteroatoms. The zero-order chi connectivity index (χ0) is 15.5. The van der Waals surface area contributed by atoms with Crippen molar-refractivity contribution in [3.05, 3.63) is 64.9 Å². The van der Waals surface area contributed by atoms with Gasteiger partial charge in [-0.05, 0) is 18.2 Å². The summed E-state index contributed by atoms with van der Waals surface area (Å²) in [5, 5.41) is 11.9. The Kier molecular flexibility index (Phi) is 4.16. The second-order valence-corrected chi connectivity index (χ2v) is 4.25. The number of ether oxygens (including phenoxy) is 1. The summed E-state index contributed by atoms with van der Waals surface area (Å²) in [7, 11) is 1.15. The number of halogens is 3. The number of alkyl halides is 3. The van der Waals surface area contributed by atoms with Crippen LogP contribution in [0.5, 0.6) is 5.75 Å². The highest BCUT2D eigenvalue weighted by atomic mass is 19.4. The van der Waals surface area contributed by atoms with Gasteiger partial charge < -0.3 is 9.94 Å². The normalized spacial score (nSPS) is 12.3. The van der Waals surface area contributed by atoms with Crippen molar-refractivity contribution in [2.24, 2.45) is 0 Å². The third kappa shape index (κ3) is 3.53. The van der Waals surface area contributed by atoms with Crippen LogP contribution in [0.15, 0.2) is 48.5 Å². The van der Waals surface area contributed by atoms with Gasteiger partial charge in [0, 0.05) is 17.7 Å². The summed E-state index contributed by atoms with van der Waals surface area (Å²) < 4.78 is 43.8. The van der Waals surface area contributed by atoms with Crippen LogP contribution in [0.1, 0.15) is 11.1 Å². The van der Waals surface area contributed by atoms with Gasteiger partial charge in [-0.1, -0.05) is 18.2 Å². The first kappa shape index (κ1) is 14.9. The van der Waals surface area contributed by atoms with E-state index in [2.05, 4.69) is 4.74 Å². The summed E-state index contributed by atoms with van der Waals surface area (Å²) >= 11 is 0. The minimum absolute atomic E-state index is 0.119. The van der Waals surface area contributed by atoms with Gasteiger partial charge in [0.15, 0.2) is 6.21 Å². The van der Waals surface area contributed by atoms with E-state index in [1.54, 1.807) is 30.3 Å². The van der Waals surface area contributed by atoms with Crippen LogP contribution in [-0.2, 0) is 6.18 Å². The van der Waals surface area contributed by atoms with Crippen molar-refractivity contribution in [2.75, 3.05) is 7.11 Å². The summed E-state index contributed by atoms with van der Waals surface area (Å²) in [6.07, 6.45) is -3.38. The van der Waals surface area contributed by atoms with Crippen LogP contribution in [0.2, 0.25) is 0 Å². The second kappa shape index (κ2) is 5.87. The first-order valence-electron chi connectivity index (χ1n) is 6.03. The van der Waals surface area contributed by atoms with E-state index in [9.17, 15) is 18.4 Å². The lowest BCUT2D eigenvalue weighted by Gasteiger charge is -2.12. The number of methoxy groups -OCH3 is 1. The molecule has 21 heavy (non-hydrogen) atoms. The molecule has 0 fully saturated rings. The van der Waals surface area contributed by atoms with E-state index < -0.39 is 11.7 Å². The molecule has 0 aromatic heterocycles. The van der Waals surface area contributed by atoms with E-state index in [1.165, 1.54) is 12.3 Å². The maximum Gasteiger partial charge on any atom is 0.420 e. The van der Waals surface area contributed by atoms with Crippen molar-refractivity contribution in [1.29, 1.82) is 0 Å². The van der Waals surface area contributed by atoms with Crippen molar-refractivity contribution < 1.29 is 22.6 Å². The summed E-state index contributed by atoms with van der Waals surface area (Å²) in [4.78, 5) is 0. The van der Waals surface area contributed by atoms with Crippen LogP contribution < -0.4 is 4.74 Å². The Hall–Kier alpha value is -2.50. The molecule has 0 aliphatic carbocycles. The average molecular weight is 295 g/mol. The number of hydrogen-bond acceptors (Lipinski definition) is 2. The minimum atomic E-state index is -4.59. The maximum absolute atomic E-state index is 12.9. The number of hydrogen-bond donors (Lipinski definition) is 0. The lowest BCUT2D eigenvalue weighted by molar-refractivity contribution is -0.354. The van der Waals surface area contributed by atoms with Gasteiger partial charge in [0.25, 0.3) is 0 Å². The van der Waals surface area contributed by atoms with Crippen molar-refractivity contribution in [3.63, 3.8) is 0 Å². The Morgan fingerprint density at radius 2 is 1.76 bits per heavy atom. The van der Waals surface area contributed by atoms with Crippen LogP contribution in [0.4, 0.5) is 18.9 Å². The van der Waals surface area contributed by atoms with Crippen LogP contribution in [-0.4, -0.2) is 18.1 Å². The van der Waals surface area contributed by atoms with Crippen molar-refractivity contribution >= 4 is 11.9 Å². The molecule has 0 aliphatic heterocycles. The summed E-state index contributed by atoms with van der Waals surface area (Å²) in [5.74, 6) is -0.320. The largest absolute Gasteiger partial charge is 0.618 e. The van der Waals surface area contributed by atoms with E-state index >= 15 is 0 Å². The van der Waals surface area contributed by atoms with Crippen LogP contribution in [0.25, 0.3) is 0 Å². The molecule has 0 aliphatic rings. The Morgan fingerprint density at radius 3 is 2.33 bits per heavy atom. The van der Waals surface area contributed by atoms with Gasteiger partial charge in [-0.3, -0.25) is 0 Å². The Bertz CT molecular complexity index is 652. The maximum atomic E-state index is 12.9. The van der Waals surface area contributed by atoms with E-state index in [0.29, 0.717) is 10.3 Å². The minimum Gasteiger partial charge on any atom is -0.618 e. The molecule has 0 N–H and O–H groups in total. The predicted molar refractivity (Wildman–Crippen MR) is 72.9 cm³/mol. The fourth-order valence-corrected chi connectivity index (χ4v) is 1.80. The summed E-state index contributed by atoms with van der Waals surface area (Å²) in [6, 6.07) is 11.8. The summed E-state index contributed by atoms with van der Waals surface area (Å²) in [6.45, 7) is 0. The lowest BCUT2D eigenvalue weighted by atomic mass is 10.1. The molecule has 0 atom stereocenters. The molecule has 0 unspecified atom stereocenters. The van der Waals surface area contributed by atoms with Crippen molar-refractivity contribution in [1.82, 2.24) is 0 Å². The third-order valence-corrected chi connectivity index (χ3v) is 2.81. The number of rotatable bonds is 3. The molecule has 0 heterocycles. The lowest BCUT2D eigenvalue weighted by Crippen LogP contribution is -2.09. The number of benzene rings is 2. The van der Waals surface area contributed by atoms with Crippen LogP contribution in [0.3, 0.4) is 0 Å². The molecule has 2 rings (SSSR count). The van der Waals surface area contributed by atoms with Crippen LogP contribution >= 0.6 is 0 Å². The standard InChI is InChI=1S/C15H12F3NO2/c1-21-14-8-7-12(9-13(14)15(16,17)18)19(20)10-11-5-3-2-4-6-11/h2-10H,1H3/b19-10-. The monoisotopic (exact) mass is 295 g/mol. The van der Waals surface area contributed by atoms with Gasteiger partial charge in [-0.25, -0.2) is 0 Å². The first-order valence-corrected chi connectivity index (χ1v) is 6.03. The molecule has 3 nitrogen and oxygen atoms in total. The molecule has 0 saturated carbocycles. The van der Waals surface area contributed by atoms with Gasteiger partial charge in [0.05, 0.1) is 7.11 Å². The smallest absolute Gasteiger partial charge is 0.420 e. The van der Waals surface area contributed by atoms with Gasteiger partial charge in [0.1, 0.15) is 11.3 Å². The summed E-state index contributed by atoms with van der Waals surface area (Å²) in [5.41, 5.74) is -0.506. The highest BCUT2D eigenvalue weighted by molar-refractivity contribution is 5.76. The van der Waals surface area contributed by atoms with Crippen molar-refractivity contribution in [3.8, 4) is 5.75 Å². The van der Waals surface area contributed by atoms with Gasteiger partial charge >= 0.3 is 6.18 Å². The molecule has 0 bridgehead atoms. The zero-order valence-corrected chi connectivity index (χ0v) is 11.1. The SMILES string of the molecule is COc1ccc(/[N+]([O-])=C/c2ccccc2)cc1C(F)(F)F. The zero-order valence-electron chi connectivity index (χ0n) is 11.1. The Balaban J connectivity index is 2.43. The molecule has 2 aromatic rings. The molecule has 0 amide bonds. The van der Waals surface area contributed by atoms with Gasteiger partial charge in [-0.2, -0.15) is 17.9 Å². The quantitative estimate of drug-likeness (QED) is 0.371. The van der Waals surface area contributed by atoms with E-state index in [-0.39, 0.29) is 11.4 Å². The van der Waals surface area contributed by atoms with Crippen molar-refractivity contribution in [2.45, 2.75) is 6.18 Å². The molecule has 0 spiro atoms. The fourth-order valence-electron chi connectivity index (χ4n) is 1.80. The molecule has 2 aromatic carbocycles.